The van der Waals surface area contributed by atoms with Crippen LogP contribution in [-0.4, -0.2) is 19.6 Å². The van der Waals surface area contributed by atoms with E-state index in [0.717, 1.165) is 30.0 Å². The molecule has 1 amide bonds. The second kappa shape index (κ2) is 6.97. The summed E-state index contributed by atoms with van der Waals surface area (Å²) in [6, 6.07) is 10.2. The number of carbonyl (C=O) groups excluding carboxylic acids is 1. The largest absolute Gasteiger partial charge is 0.497 e. The van der Waals surface area contributed by atoms with Gasteiger partial charge in [0.2, 0.25) is 0 Å². The molecule has 1 N–H and O–H groups in total. The van der Waals surface area contributed by atoms with Crippen LogP contribution in [-0.2, 0) is 6.42 Å². The van der Waals surface area contributed by atoms with Gasteiger partial charge in [-0.1, -0.05) is 12.1 Å². The first-order valence-corrected chi connectivity index (χ1v) is 8.64. The number of hydrogen-bond donors (Lipinski definition) is 1. The lowest BCUT2D eigenvalue weighted by atomic mass is 9.81. The van der Waals surface area contributed by atoms with E-state index in [0.29, 0.717) is 5.92 Å². The number of fused-ring (bicyclic) bond motifs is 1. The van der Waals surface area contributed by atoms with Crippen molar-refractivity contribution in [1.82, 2.24) is 5.32 Å². The summed E-state index contributed by atoms with van der Waals surface area (Å²) >= 11 is 1.48. The fourth-order valence-corrected chi connectivity index (χ4v) is 3.80. The first-order chi connectivity index (χ1) is 10.8. The summed E-state index contributed by atoms with van der Waals surface area (Å²) in [6.07, 6.45) is 4.55. The molecule has 0 bridgehead atoms. The maximum Gasteiger partial charge on any atom is 0.261 e. The van der Waals surface area contributed by atoms with Crippen molar-refractivity contribution in [3.8, 4) is 5.75 Å². The average Bonchev–Trinajstić information content (AvgIpc) is 3.09. The van der Waals surface area contributed by atoms with Crippen molar-refractivity contribution in [2.24, 2.45) is 0 Å². The number of thiophene rings is 1. The van der Waals surface area contributed by atoms with E-state index >= 15 is 0 Å². The minimum Gasteiger partial charge on any atom is -0.497 e. The molecule has 4 heteroatoms. The molecule has 0 spiro atoms. The summed E-state index contributed by atoms with van der Waals surface area (Å²) in [7, 11) is 1.71. The zero-order valence-electron chi connectivity index (χ0n) is 12.8. The van der Waals surface area contributed by atoms with Crippen LogP contribution in [0.2, 0.25) is 0 Å². The fraction of sp³-hybridized carbons (Fsp3) is 0.389. The zero-order chi connectivity index (χ0) is 15.4. The molecule has 1 atom stereocenters. The summed E-state index contributed by atoms with van der Waals surface area (Å²) in [5.74, 6) is 1.48. The number of amides is 1. The van der Waals surface area contributed by atoms with Crippen LogP contribution in [0.15, 0.2) is 35.7 Å². The third kappa shape index (κ3) is 3.33. The Kier molecular flexibility index (Phi) is 4.78. The SMILES string of the molecule is COc1ccc2c(c1)C(CCNC(=O)c1cccs1)CCC2. The van der Waals surface area contributed by atoms with Gasteiger partial charge in [0.15, 0.2) is 0 Å². The molecule has 22 heavy (non-hydrogen) atoms. The van der Waals surface area contributed by atoms with Gasteiger partial charge >= 0.3 is 0 Å². The summed E-state index contributed by atoms with van der Waals surface area (Å²) in [5.41, 5.74) is 2.83. The number of benzene rings is 1. The van der Waals surface area contributed by atoms with E-state index in [1.807, 2.05) is 23.6 Å². The molecule has 1 aliphatic carbocycles. The number of aryl methyl sites for hydroxylation is 1. The van der Waals surface area contributed by atoms with Gasteiger partial charge in [-0.05, 0) is 66.3 Å². The van der Waals surface area contributed by atoms with Crippen LogP contribution in [0, 0.1) is 0 Å². The average molecular weight is 315 g/mol. The molecular formula is C18H21NO2S. The number of rotatable bonds is 5. The highest BCUT2D eigenvalue weighted by Gasteiger charge is 2.20. The highest BCUT2D eigenvalue weighted by molar-refractivity contribution is 7.12. The van der Waals surface area contributed by atoms with Crippen LogP contribution in [0.5, 0.6) is 5.75 Å². The van der Waals surface area contributed by atoms with Crippen molar-refractivity contribution >= 4 is 17.2 Å². The quantitative estimate of drug-likeness (QED) is 0.906. The maximum atomic E-state index is 12.0. The normalized spacial score (nSPS) is 16.9. The van der Waals surface area contributed by atoms with E-state index < -0.39 is 0 Å². The van der Waals surface area contributed by atoms with Crippen molar-refractivity contribution in [1.29, 1.82) is 0 Å². The van der Waals surface area contributed by atoms with Gasteiger partial charge in [0, 0.05) is 6.54 Å². The summed E-state index contributed by atoms with van der Waals surface area (Å²) in [6.45, 7) is 0.720. The van der Waals surface area contributed by atoms with E-state index in [4.69, 9.17) is 4.74 Å². The van der Waals surface area contributed by atoms with E-state index in [1.165, 1.54) is 35.3 Å². The molecule has 3 rings (SSSR count). The van der Waals surface area contributed by atoms with Crippen molar-refractivity contribution in [3.05, 3.63) is 51.7 Å². The van der Waals surface area contributed by atoms with Gasteiger partial charge in [0.05, 0.1) is 12.0 Å². The van der Waals surface area contributed by atoms with Crippen molar-refractivity contribution in [2.45, 2.75) is 31.6 Å². The Morgan fingerprint density at radius 1 is 1.41 bits per heavy atom. The van der Waals surface area contributed by atoms with Crippen LogP contribution in [0.3, 0.4) is 0 Å². The van der Waals surface area contributed by atoms with Crippen LogP contribution in [0.1, 0.15) is 46.0 Å². The third-order valence-electron chi connectivity index (χ3n) is 4.31. The van der Waals surface area contributed by atoms with Crippen molar-refractivity contribution in [3.63, 3.8) is 0 Å². The standard InChI is InChI=1S/C18H21NO2S/c1-21-15-8-7-13-4-2-5-14(16(13)12-15)9-10-19-18(20)17-6-3-11-22-17/h3,6-8,11-12,14H,2,4-5,9-10H2,1H3,(H,19,20). The number of carbonyl (C=O) groups is 1. The Hall–Kier alpha value is -1.81. The third-order valence-corrected chi connectivity index (χ3v) is 5.18. The zero-order valence-corrected chi connectivity index (χ0v) is 13.6. The molecular weight excluding hydrogens is 294 g/mol. The summed E-state index contributed by atoms with van der Waals surface area (Å²) in [4.78, 5) is 12.8. The Morgan fingerprint density at radius 2 is 2.32 bits per heavy atom. The van der Waals surface area contributed by atoms with Crippen LogP contribution in [0.25, 0.3) is 0 Å². The lowest BCUT2D eigenvalue weighted by Crippen LogP contribution is -2.25. The molecule has 1 aromatic carbocycles. The van der Waals surface area contributed by atoms with Crippen LogP contribution < -0.4 is 10.1 Å². The lowest BCUT2D eigenvalue weighted by molar-refractivity contribution is 0.0956. The Labute approximate surface area is 135 Å². The maximum absolute atomic E-state index is 12.0. The Balaban J connectivity index is 1.61. The second-order valence-corrected chi connectivity index (χ2v) is 6.62. The predicted octanol–water partition coefficient (Wildman–Crippen LogP) is 4.00. The fourth-order valence-electron chi connectivity index (χ4n) is 3.16. The first-order valence-electron chi connectivity index (χ1n) is 7.76. The smallest absolute Gasteiger partial charge is 0.261 e. The van der Waals surface area contributed by atoms with Crippen LogP contribution in [0.4, 0.5) is 0 Å². The minimum absolute atomic E-state index is 0.0386. The predicted molar refractivity (Wildman–Crippen MR) is 89.9 cm³/mol. The van der Waals surface area contributed by atoms with Gasteiger partial charge in [-0.2, -0.15) is 0 Å². The molecule has 0 saturated heterocycles. The molecule has 0 radical (unpaired) electrons. The molecule has 1 aromatic heterocycles. The highest BCUT2D eigenvalue weighted by Crippen LogP contribution is 2.35. The van der Waals surface area contributed by atoms with Gasteiger partial charge in [0.1, 0.15) is 5.75 Å². The lowest BCUT2D eigenvalue weighted by Gasteiger charge is -2.26. The molecule has 3 nitrogen and oxygen atoms in total. The molecule has 1 unspecified atom stereocenters. The van der Waals surface area contributed by atoms with E-state index in [9.17, 15) is 4.79 Å². The van der Waals surface area contributed by atoms with Gasteiger partial charge < -0.3 is 10.1 Å². The number of ether oxygens (including phenoxy) is 1. The molecule has 2 aromatic rings. The molecule has 0 saturated carbocycles. The molecule has 0 aliphatic heterocycles. The molecule has 0 fully saturated rings. The minimum atomic E-state index is 0.0386. The van der Waals surface area contributed by atoms with E-state index in [-0.39, 0.29) is 5.91 Å². The highest BCUT2D eigenvalue weighted by atomic mass is 32.1. The van der Waals surface area contributed by atoms with Gasteiger partial charge in [-0.25, -0.2) is 0 Å². The van der Waals surface area contributed by atoms with E-state index in [2.05, 4.69) is 17.4 Å². The summed E-state index contributed by atoms with van der Waals surface area (Å²) < 4.78 is 5.35. The second-order valence-electron chi connectivity index (χ2n) is 5.68. The van der Waals surface area contributed by atoms with Gasteiger partial charge in [-0.15, -0.1) is 11.3 Å². The molecule has 116 valence electrons. The Morgan fingerprint density at radius 3 is 3.09 bits per heavy atom. The van der Waals surface area contributed by atoms with E-state index in [1.54, 1.807) is 7.11 Å². The molecule has 1 aliphatic rings. The number of hydrogen-bond acceptors (Lipinski definition) is 3. The monoisotopic (exact) mass is 315 g/mol. The molecule has 1 heterocycles. The van der Waals surface area contributed by atoms with Crippen LogP contribution >= 0.6 is 11.3 Å². The number of nitrogens with one attached hydrogen (secondary N) is 1. The summed E-state index contributed by atoms with van der Waals surface area (Å²) in [5, 5.41) is 4.96. The topological polar surface area (TPSA) is 38.3 Å². The van der Waals surface area contributed by atoms with Crippen molar-refractivity contribution in [2.75, 3.05) is 13.7 Å². The Bertz CT molecular complexity index is 637. The van der Waals surface area contributed by atoms with Gasteiger partial charge in [-0.3, -0.25) is 4.79 Å². The van der Waals surface area contributed by atoms with Crippen molar-refractivity contribution < 1.29 is 9.53 Å². The van der Waals surface area contributed by atoms with Gasteiger partial charge in [0.25, 0.3) is 5.91 Å². The first kappa shape index (κ1) is 15.1. The number of methoxy groups -OCH3 is 1.